The minimum atomic E-state index is -3.97. The number of hydrogen-bond acceptors (Lipinski definition) is 6. The average Bonchev–Trinajstić information content (AvgIpc) is 3.24. The second kappa shape index (κ2) is 12.0. The molecule has 3 rings (SSSR count). The smallest absolute Gasteiger partial charge is 0.274 e. The molecule has 0 unspecified atom stereocenters. The molecule has 208 valence electrons. The molecule has 0 spiro atoms. The van der Waals surface area contributed by atoms with Crippen LogP contribution in [0, 0.1) is 11.3 Å². The van der Waals surface area contributed by atoms with Crippen molar-refractivity contribution < 1.29 is 17.9 Å². The van der Waals surface area contributed by atoms with Crippen LogP contribution in [0.2, 0.25) is 0 Å². The van der Waals surface area contributed by atoms with Crippen molar-refractivity contribution in [3.05, 3.63) is 71.2 Å². The van der Waals surface area contributed by atoms with E-state index in [0.29, 0.717) is 12.2 Å². The zero-order valence-electron chi connectivity index (χ0n) is 23.1. The van der Waals surface area contributed by atoms with Gasteiger partial charge in [0.15, 0.2) is 0 Å². The molecule has 1 aromatic heterocycles. The van der Waals surface area contributed by atoms with Crippen molar-refractivity contribution in [1.82, 2.24) is 19.6 Å². The first-order valence-corrected chi connectivity index (χ1v) is 14.1. The molecule has 1 amide bonds. The lowest BCUT2D eigenvalue weighted by atomic mass is 9.96. The fraction of sp³-hybridized carbons (Fsp3) is 0.393. The maximum Gasteiger partial charge on any atom is 0.274 e. The SMILES string of the molecule is CC(C)Oc1ccc(C(=O)N[C@H](CNS(N)(=O)=O)Cc2ccc(-c3cn(C)c(C(C)(C)C)n3)cc2)cc1C#N. The van der Waals surface area contributed by atoms with Crippen LogP contribution >= 0.6 is 0 Å². The molecule has 0 saturated heterocycles. The summed E-state index contributed by atoms with van der Waals surface area (Å²) in [5.41, 5.74) is 3.07. The van der Waals surface area contributed by atoms with E-state index in [1.54, 1.807) is 12.1 Å². The lowest BCUT2D eigenvalue weighted by molar-refractivity contribution is 0.0937. The summed E-state index contributed by atoms with van der Waals surface area (Å²) < 4.78 is 33.0. The Morgan fingerprint density at radius 3 is 2.38 bits per heavy atom. The number of carbonyl (C=O) groups excluding carboxylic acids is 1. The summed E-state index contributed by atoms with van der Waals surface area (Å²) >= 11 is 0. The van der Waals surface area contributed by atoms with Crippen LogP contribution in [0.4, 0.5) is 0 Å². The van der Waals surface area contributed by atoms with Gasteiger partial charge in [0, 0.05) is 42.4 Å². The third kappa shape index (κ3) is 8.38. The Kier molecular flexibility index (Phi) is 9.17. The molecule has 0 fully saturated rings. The minimum absolute atomic E-state index is 0.0928. The lowest BCUT2D eigenvalue weighted by Gasteiger charge is -2.20. The number of benzene rings is 2. The first kappa shape index (κ1) is 29.8. The number of rotatable bonds is 10. The fourth-order valence-corrected chi connectivity index (χ4v) is 4.61. The molecule has 2 aromatic carbocycles. The van der Waals surface area contributed by atoms with Crippen molar-refractivity contribution in [3.8, 4) is 23.1 Å². The number of nitrogens with one attached hydrogen (secondary N) is 2. The molecular weight excluding hydrogens is 516 g/mol. The van der Waals surface area contributed by atoms with Gasteiger partial charge in [0.05, 0.1) is 17.4 Å². The summed E-state index contributed by atoms with van der Waals surface area (Å²) in [5, 5.41) is 17.5. The van der Waals surface area contributed by atoms with Gasteiger partial charge in [0.1, 0.15) is 17.6 Å². The highest BCUT2D eigenvalue weighted by Crippen LogP contribution is 2.26. The van der Waals surface area contributed by atoms with Crippen LogP contribution in [0.5, 0.6) is 5.75 Å². The minimum Gasteiger partial charge on any atom is -0.490 e. The summed E-state index contributed by atoms with van der Waals surface area (Å²) in [6, 6.07) is 13.8. The first-order valence-electron chi connectivity index (χ1n) is 12.6. The van der Waals surface area contributed by atoms with E-state index in [-0.39, 0.29) is 29.2 Å². The number of hydrogen-bond donors (Lipinski definition) is 3. The fourth-order valence-electron chi connectivity index (χ4n) is 4.17. The third-order valence-corrected chi connectivity index (χ3v) is 6.44. The van der Waals surface area contributed by atoms with E-state index in [4.69, 9.17) is 14.9 Å². The Hall–Kier alpha value is -3.72. The Morgan fingerprint density at radius 2 is 1.85 bits per heavy atom. The summed E-state index contributed by atoms with van der Waals surface area (Å²) in [6.07, 6.45) is 2.20. The monoisotopic (exact) mass is 552 g/mol. The van der Waals surface area contributed by atoms with Crippen LogP contribution < -0.4 is 19.9 Å². The van der Waals surface area contributed by atoms with E-state index in [2.05, 4.69) is 30.8 Å². The zero-order valence-corrected chi connectivity index (χ0v) is 24.0. The summed E-state index contributed by atoms with van der Waals surface area (Å²) in [5.74, 6) is 0.907. The molecule has 0 aliphatic carbocycles. The quantitative estimate of drug-likeness (QED) is 0.351. The normalized spacial score (nSPS) is 12.7. The van der Waals surface area contributed by atoms with E-state index >= 15 is 0 Å². The van der Waals surface area contributed by atoms with Crippen LogP contribution in [0.3, 0.4) is 0 Å². The van der Waals surface area contributed by atoms with Crippen molar-refractivity contribution in [2.75, 3.05) is 6.54 Å². The van der Waals surface area contributed by atoms with E-state index < -0.39 is 22.2 Å². The predicted molar refractivity (Wildman–Crippen MR) is 150 cm³/mol. The Balaban J connectivity index is 1.79. The highest BCUT2D eigenvalue weighted by molar-refractivity contribution is 7.87. The number of carbonyl (C=O) groups is 1. The third-order valence-electron chi connectivity index (χ3n) is 5.87. The first-order chi connectivity index (χ1) is 18.2. The van der Waals surface area contributed by atoms with Gasteiger partial charge >= 0.3 is 0 Å². The number of amides is 1. The van der Waals surface area contributed by atoms with Crippen molar-refractivity contribution >= 4 is 16.1 Å². The average molecular weight is 553 g/mol. The van der Waals surface area contributed by atoms with Gasteiger partial charge in [-0.25, -0.2) is 14.8 Å². The molecule has 0 bridgehead atoms. The topological polar surface area (TPSA) is 152 Å². The highest BCUT2D eigenvalue weighted by atomic mass is 32.2. The predicted octanol–water partition coefficient (Wildman–Crippen LogP) is 3.18. The van der Waals surface area contributed by atoms with E-state index in [0.717, 1.165) is 22.6 Å². The summed E-state index contributed by atoms with van der Waals surface area (Å²) in [7, 11) is -1.99. The van der Waals surface area contributed by atoms with E-state index in [9.17, 15) is 18.5 Å². The molecule has 0 aliphatic heterocycles. The molecular formula is C28H36N6O4S. The molecule has 10 nitrogen and oxygen atoms in total. The van der Waals surface area contributed by atoms with Crippen LogP contribution in [-0.2, 0) is 29.1 Å². The molecule has 1 heterocycles. The van der Waals surface area contributed by atoms with Gasteiger partial charge in [0.25, 0.3) is 16.1 Å². The molecule has 3 aromatic rings. The molecule has 11 heteroatoms. The van der Waals surface area contributed by atoms with Gasteiger partial charge < -0.3 is 14.6 Å². The largest absolute Gasteiger partial charge is 0.490 e. The Bertz CT molecular complexity index is 1470. The number of aromatic nitrogens is 2. The van der Waals surface area contributed by atoms with Gasteiger partial charge in [-0.1, -0.05) is 45.0 Å². The number of nitriles is 1. The van der Waals surface area contributed by atoms with Crippen LogP contribution in [0.15, 0.2) is 48.7 Å². The van der Waals surface area contributed by atoms with E-state index in [1.165, 1.54) is 6.07 Å². The Labute approximate surface area is 230 Å². The zero-order chi connectivity index (χ0) is 29.0. The number of nitrogens with two attached hydrogens (primary N) is 1. The maximum absolute atomic E-state index is 13.0. The number of ether oxygens (including phenoxy) is 1. The van der Waals surface area contributed by atoms with Crippen molar-refractivity contribution in [3.63, 3.8) is 0 Å². The number of imidazole rings is 1. The molecule has 4 N–H and O–H groups in total. The maximum atomic E-state index is 13.0. The van der Waals surface area contributed by atoms with Crippen LogP contribution in [-0.4, -0.2) is 42.6 Å². The molecule has 0 radical (unpaired) electrons. The summed E-state index contributed by atoms with van der Waals surface area (Å²) in [4.78, 5) is 17.8. The van der Waals surface area contributed by atoms with Crippen molar-refractivity contribution in [2.24, 2.45) is 12.2 Å². The van der Waals surface area contributed by atoms with Gasteiger partial charge in [-0.2, -0.15) is 13.7 Å². The van der Waals surface area contributed by atoms with Gasteiger partial charge in [0.2, 0.25) is 0 Å². The van der Waals surface area contributed by atoms with Gasteiger partial charge in [-0.05, 0) is 44.0 Å². The standard InChI is InChI=1S/C28H36N6O4S/c1-18(2)38-25-12-11-21(14-22(25)15-29)26(35)32-23(16-31-39(30,36)37)13-19-7-9-20(10-8-19)24-17-34(6)27(33-24)28(3,4)5/h7-12,14,17-18,23,31H,13,16H2,1-6H3,(H,32,35)(H2,30,36,37)/t23-/m0/s1. The van der Waals surface area contributed by atoms with Crippen molar-refractivity contribution in [2.45, 2.75) is 58.6 Å². The second-order valence-corrected chi connectivity index (χ2v) is 12.1. The van der Waals surface area contributed by atoms with Crippen molar-refractivity contribution in [1.29, 1.82) is 5.26 Å². The summed E-state index contributed by atoms with van der Waals surface area (Å²) in [6.45, 7) is 9.92. The lowest BCUT2D eigenvalue weighted by Crippen LogP contribution is -2.46. The molecule has 0 aliphatic rings. The van der Waals surface area contributed by atoms with E-state index in [1.807, 2.05) is 62.0 Å². The van der Waals surface area contributed by atoms with Crippen LogP contribution in [0.1, 0.15) is 61.9 Å². The highest BCUT2D eigenvalue weighted by Gasteiger charge is 2.21. The molecule has 0 saturated carbocycles. The number of aryl methyl sites for hydroxylation is 1. The van der Waals surface area contributed by atoms with Gasteiger partial charge in [-0.3, -0.25) is 4.79 Å². The Morgan fingerprint density at radius 1 is 1.18 bits per heavy atom. The second-order valence-electron chi connectivity index (χ2n) is 10.8. The molecule has 1 atom stereocenters. The van der Waals surface area contributed by atoms with Gasteiger partial charge in [-0.15, -0.1) is 0 Å². The molecule has 39 heavy (non-hydrogen) atoms. The number of nitrogens with zero attached hydrogens (tertiary/aromatic N) is 3. The van der Waals surface area contributed by atoms with Crippen LogP contribution in [0.25, 0.3) is 11.3 Å².